The summed E-state index contributed by atoms with van der Waals surface area (Å²) in [6, 6.07) is 4.90. The number of sulfonamides is 1. The number of anilines is 1. The number of nitrogens with two attached hydrogens (primary N) is 1. The van der Waals surface area contributed by atoms with Crippen molar-refractivity contribution in [1.82, 2.24) is 4.31 Å². The third-order valence-electron chi connectivity index (χ3n) is 3.56. The van der Waals surface area contributed by atoms with Gasteiger partial charge < -0.3 is 5.73 Å². The van der Waals surface area contributed by atoms with Crippen LogP contribution in [0, 0.1) is 12.8 Å². The molecule has 1 saturated carbocycles. The molecule has 0 atom stereocenters. The highest BCUT2D eigenvalue weighted by molar-refractivity contribution is 7.89. The minimum atomic E-state index is -3.42. The molecule has 0 saturated heterocycles. The van der Waals surface area contributed by atoms with Crippen LogP contribution in [0.25, 0.3) is 0 Å². The van der Waals surface area contributed by atoms with Crippen LogP contribution in [-0.2, 0) is 10.0 Å². The van der Waals surface area contributed by atoms with Gasteiger partial charge in [-0.3, -0.25) is 0 Å². The Morgan fingerprint density at radius 2 is 2.00 bits per heavy atom. The Kier molecular flexibility index (Phi) is 3.87. The summed E-state index contributed by atoms with van der Waals surface area (Å²) < 4.78 is 27.0. The van der Waals surface area contributed by atoms with Crippen molar-refractivity contribution >= 4 is 15.7 Å². The fourth-order valence-corrected chi connectivity index (χ4v) is 3.88. The van der Waals surface area contributed by atoms with Gasteiger partial charge in [0.2, 0.25) is 10.0 Å². The Morgan fingerprint density at radius 1 is 1.37 bits per heavy atom. The molecular formula is C14H22N2O2S. The molecule has 2 rings (SSSR count). The molecule has 0 amide bonds. The summed E-state index contributed by atoms with van der Waals surface area (Å²) in [4.78, 5) is 0.341. The number of rotatable bonds is 5. The third kappa shape index (κ3) is 3.09. The highest BCUT2D eigenvalue weighted by atomic mass is 32.2. The molecule has 106 valence electrons. The predicted molar refractivity (Wildman–Crippen MR) is 77.3 cm³/mol. The van der Waals surface area contributed by atoms with Crippen molar-refractivity contribution in [2.75, 3.05) is 12.3 Å². The molecule has 0 heterocycles. The maximum Gasteiger partial charge on any atom is 0.243 e. The van der Waals surface area contributed by atoms with Crippen LogP contribution in [-0.4, -0.2) is 25.3 Å². The highest BCUT2D eigenvalue weighted by Gasteiger charge is 2.33. The van der Waals surface area contributed by atoms with Crippen LogP contribution in [0.2, 0.25) is 0 Å². The van der Waals surface area contributed by atoms with E-state index in [4.69, 9.17) is 5.73 Å². The van der Waals surface area contributed by atoms with Crippen molar-refractivity contribution in [3.8, 4) is 0 Å². The standard InChI is InChI=1S/C14H22N2O2S/c1-10(2)16(9-12-4-5-12)19(17,18)13-6-7-14(15)11(3)8-13/h6-8,10,12H,4-5,9,15H2,1-3H3. The predicted octanol–water partition coefficient (Wildman–Crippen LogP) is 2.39. The molecule has 2 N–H and O–H groups in total. The Balaban J connectivity index is 2.34. The quantitative estimate of drug-likeness (QED) is 0.843. The van der Waals surface area contributed by atoms with E-state index in [1.807, 2.05) is 20.8 Å². The van der Waals surface area contributed by atoms with E-state index < -0.39 is 10.0 Å². The summed E-state index contributed by atoms with van der Waals surface area (Å²) in [6.07, 6.45) is 2.28. The first-order chi connectivity index (χ1) is 8.82. The minimum absolute atomic E-state index is 0.0246. The van der Waals surface area contributed by atoms with E-state index in [0.29, 0.717) is 23.0 Å². The zero-order valence-electron chi connectivity index (χ0n) is 11.8. The first kappa shape index (κ1) is 14.3. The normalized spacial score (nSPS) is 16.3. The second kappa shape index (κ2) is 5.13. The van der Waals surface area contributed by atoms with E-state index in [1.54, 1.807) is 22.5 Å². The van der Waals surface area contributed by atoms with E-state index in [9.17, 15) is 8.42 Å². The lowest BCUT2D eigenvalue weighted by molar-refractivity contribution is 0.341. The highest BCUT2D eigenvalue weighted by Crippen LogP contribution is 2.32. The van der Waals surface area contributed by atoms with Crippen molar-refractivity contribution < 1.29 is 8.42 Å². The summed E-state index contributed by atoms with van der Waals surface area (Å²) >= 11 is 0. The van der Waals surface area contributed by atoms with Crippen molar-refractivity contribution in [2.24, 2.45) is 5.92 Å². The van der Waals surface area contributed by atoms with Gasteiger partial charge in [-0.05, 0) is 63.3 Å². The van der Waals surface area contributed by atoms with E-state index in [1.165, 1.54) is 0 Å². The van der Waals surface area contributed by atoms with Gasteiger partial charge in [0.15, 0.2) is 0 Å². The van der Waals surface area contributed by atoms with Crippen molar-refractivity contribution in [2.45, 2.75) is 44.6 Å². The molecule has 0 spiro atoms. The summed E-state index contributed by atoms with van der Waals surface area (Å²) in [7, 11) is -3.42. The number of nitrogens with zero attached hydrogens (tertiary/aromatic N) is 1. The van der Waals surface area contributed by atoms with Gasteiger partial charge in [0.25, 0.3) is 0 Å². The Bertz CT molecular complexity index is 563. The average molecular weight is 282 g/mol. The first-order valence-corrected chi connectivity index (χ1v) is 8.14. The lowest BCUT2D eigenvalue weighted by atomic mass is 10.2. The van der Waals surface area contributed by atoms with Crippen LogP contribution in [0.3, 0.4) is 0 Å². The monoisotopic (exact) mass is 282 g/mol. The summed E-state index contributed by atoms with van der Waals surface area (Å²) in [5, 5.41) is 0. The fraction of sp³-hybridized carbons (Fsp3) is 0.571. The number of aryl methyl sites for hydroxylation is 1. The smallest absolute Gasteiger partial charge is 0.243 e. The van der Waals surface area contributed by atoms with E-state index >= 15 is 0 Å². The van der Waals surface area contributed by atoms with Crippen molar-refractivity contribution in [3.05, 3.63) is 23.8 Å². The number of hydrogen-bond acceptors (Lipinski definition) is 3. The molecule has 0 unspecified atom stereocenters. The number of nitrogen functional groups attached to an aromatic ring is 1. The molecule has 0 aliphatic heterocycles. The number of benzene rings is 1. The second-order valence-electron chi connectivity index (χ2n) is 5.63. The van der Waals surface area contributed by atoms with Gasteiger partial charge in [0.05, 0.1) is 4.90 Å². The zero-order valence-corrected chi connectivity index (χ0v) is 12.6. The van der Waals surface area contributed by atoms with Crippen LogP contribution in [0.1, 0.15) is 32.3 Å². The molecule has 19 heavy (non-hydrogen) atoms. The largest absolute Gasteiger partial charge is 0.399 e. The second-order valence-corrected chi connectivity index (χ2v) is 7.52. The molecule has 0 bridgehead atoms. The summed E-state index contributed by atoms with van der Waals surface area (Å²) in [5.74, 6) is 0.534. The molecule has 1 aromatic carbocycles. The molecule has 1 fully saturated rings. The molecular weight excluding hydrogens is 260 g/mol. The SMILES string of the molecule is Cc1cc(S(=O)(=O)N(CC2CC2)C(C)C)ccc1N. The zero-order chi connectivity index (χ0) is 14.2. The molecule has 1 aliphatic carbocycles. The maximum atomic E-state index is 12.7. The molecule has 0 aromatic heterocycles. The molecule has 4 nitrogen and oxygen atoms in total. The Labute approximate surface area is 115 Å². The number of hydrogen-bond donors (Lipinski definition) is 1. The van der Waals surface area contributed by atoms with E-state index in [2.05, 4.69) is 0 Å². The molecule has 1 aliphatic rings. The minimum Gasteiger partial charge on any atom is -0.399 e. The van der Waals surface area contributed by atoms with E-state index in [0.717, 1.165) is 18.4 Å². The van der Waals surface area contributed by atoms with Gasteiger partial charge in [0.1, 0.15) is 0 Å². The van der Waals surface area contributed by atoms with E-state index in [-0.39, 0.29) is 6.04 Å². The van der Waals surface area contributed by atoms with Gasteiger partial charge in [-0.25, -0.2) is 8.42 Å². The molecule has 1 aromatic rings. The van der Waals surface area contributed by atoms with Crippen molar-refractivity contribution in [3.63, 3.8) is 0 Å². The van der Waals surface area contributed by atoms with Gasteiger partial charge in [-0.2, -0.15) is 4.31 Å². The fourth-order valence-electron chi connectivity index (χ4n) is 2.09. The van der Waals surface area contributed by atoms with Crippen LogP contribution in [0.5, 0.6) is 0 Å². The van der Waals surface area contributed by atoms with Crippen LogP contribution in [0.15, 0.2) is 23.1 Å². The lowest BCUT2D eigenvalue weighted by Gasteiger charge is -2.26. The van der Waals surface area contributed by atoms with Gasteiger partial charge in [0, 0.05) is 18.3 Å². The van der Waals surface area contributed by atoms with Crippen LogP contribution >= 0.6 is 0 Å². The lowest BCUT2D eigenvalue weighted by Crippen LogP contribution is -2.38. The molecule has 5 heteroatoms. The summed E-state index contributed by atoms with van der Waals surface area (Å²) in [5.41, 5.74) is 7.17. The molecule has 0 radical (unpaired) electrons. The maximum absolute atomic E-state index is 12.7. The third-order valence-corrected chi connectivity index (χ3v) is 5.60. The first-order valence-electron chi connectivity index (χ1n) is 6.70. The topological polar surface area (TPSA) is 63.4 Å². The van der Waals surface area contributed by atoms with Crippen molar-refractivity contribution in [1.29, 1.82) is 0 Å². The average Bonchev–Trinajstić information content (AvgIpc) is 3.12. The van der Waals surface area contributed by atoms with Crippen LogP contribution < -0.4 is 5.73 Å². The Hall–Kier alpha value is -1.07. The Morgan fingerprint density at radius 3 is 2.47 bits per heavy atom. The van der Waals surface area contributed by atoms with Crippen LogP contribution in [0.4, 0.5) is 5.69 Å². The van der Waals surface area contributed by atoms with Gasteiger partial charge in [-0.15, -0.1) is 0 Å². The van der Waals surface area contributed by atoms with Gasteiger partial charge >= 0.3 is 0 Å². The summed E-state index contributed by atoms with van der Waals surface area (Å²) in [6.45, 7) is 6.30. The van der Waals surface area contributed by atoms with Gasteiger partial charge in [-0.1, -0.05) is 0 Å².